The number of piperidine rings is 3. The molecule has 2 aromatic rings. The van der Waals surface area contributed by atoms with Crippen LogP contribution in [0.25, 0.3) is 0 Å². The normalized spacial score (nSPS) is 29.5. The van der Waals surface area contributed by atoms with Gasteiger partial charge in [0.05, 0.1) is 0 Å². The highest BCUT2D eigenvalue weighted by molar-refractivity contribution is 5.76. The molecule has 3 fully saturated rings. The SMILES string of the molecule is O=C(Cn1cccn1)N1C[C@H]2C[C@@H](C1)[C@H](Cc1cccc(F)c1)N1CCCC[C@@H]21. The number of halogens is 1. The quantitative estimate of drug-likeness (QED) is 0.798. The fraction of sp³-hybridized carbons (Fsp3) is 0.565. The van der Waals surface area contributed by atoms with E-state index in [4.69, 9.17) is 0 Å². The second-order valence-corrected chi connectivity index (χ2v) is 8.96. The van der Waals surface area contributed by atoms with E-state index in [-0.39, 0.29) is 11.7 Å². The minimum Gasteiger partial charge on any atom is -0.340 e. The molecule has 1 amide bonds. The van der Waals surface area contributed by atoms with Crippen molar-refractivity contribution in [2.75, 3.05) is 19.6 Å². The number of hydrogen-bond donors (Lipinski definition) is 0. The van der Waals surface area contributed by atoms with Crippen LogP contribution in [-0.2, 0) is 17.8 Å². The lowest BCUT2D eigenvalue weighted by atomic mass is 9.71. The number of rotatable bonds is 4. The van der Waals surface area contributed by atoms with Gasteiger partial charge in [-0.15, -0.1) is 0 Å². The summed E-state index contributed by atoms with van der Waals surface area (Å²) in [6.07, 6.45) is 9.36. The summed E-state index contributed by atoms with van der Waals surface area (Å²) in [7, 11) is 0. The molecule has 6 heteroatoms. The van der Waals surface area contributed by atoms with Crippen LogP contribution < -0.4 is 0 Å². The largest absolute Gasteiger partial charge is 0.340 e. The van der Waals surface area contributed by atoms with Crippen LogP contribution in [-0.4, -0.2) is 57.2 Å². The zero-order valence-corrected chi connectivity index (χ0v) is 16.8. The first kappa shape index (κ1) is 18.8. The van der Waals surface area contributed by atoms with E-state index in [1.807, 2.05) is 24.4 Å². The fourth-order valence-corrected chi connectivity index (χ4v) is 5.93. The number of nitrogens with zero attached hydrogens (tertiary/aromatic N) is 4. The molecule has 5 rings (SSSR count). The van der Waals surface area contributed by atoms with E-state index in [0.29, 0.717) is 30.5 Å². The third-order valence-electron chi connectivity index (χ3n) is 7.16. The second kappa shape index (κ2) is 7.90. The molecule has 3 aliphatic rings. The molecule has 0 radical (unpaired) electrons. The van der Waals surface area contributed by atoms with Gasteiger partial charge < -0.3 is 4.90 Å². The number of aromatic nitrogens is 2. The van der Waals surface area contributed by atoms with Crippen LogP contribution in [0.3, 0.4) is 0 Å². The molecule has 154 valence electrons. The third kappa shape index (κ3) is 3.82. The molecule has 0 unspecified atom stereocenters. The Morgan fingerprint density at radius 1 is 1.17 bits per heavy atom. The number of carbonyl (C=O) groups is 1. The number of carbonyl (C=O) groups excluding carboxylic acids is 1. The summed E-state index contributed by atoms with van der Waals surface area (Å²) in [6.45, 7) is 3.12. The Bertz CT molecular complexity index is 854. The molecule has 2 bridgehead atoms. The first-order chi connectivity index (χ1) is 14.2. The Balaban J connectivity index is 1.37. The molecular weight excluding hydrogens is 367 g/mol. The maximum atomic E-state index is 13.8. The predicted octanol–water partition coefficient (Wildman–Crippen LogP) is 2.97. The Morgan fingerprint density at radius 3 is 2.90 bits per heavy atom. The number of fused-ring (bicyclic) bond motifs is 4. The lowest BCUT2D eigenvalue weighted by Crippen LogP contribution is -2.64. The van der Waals surface area contributed by atoms with Gasteiger partial charge in [0.25, 0.3) is 0 Å². The Morgan fingerprint density at radius 2 is 2.07 bits per heavy atom. The Kier molecular flexibility index (Phi) is 5.12. The van der Waals surface area contributed by atoms with Gasteiger partial charge >= 0.3 is 0 Å². The highest BCUT2D eigenvalue weighted by Crippen LogP contribution is 2.42. The lowest BCUT2D eigenvalue weighted by molar-refractivity contribution is -0.141. The molecule has 0 spiro atoms. The van der Waals surface area contributed by atoms with Gasteiger partial charge in [-0.3, -0.25) is 14.4 Å². The molecule has 4 heterocycles. The first-order valence-corrected chi connectivity index (χ1v) is 10.9. The smallest absolute Gasteiger partial charge is 0.244 e. The van der Waals surface area contributed by atoms with E-state index in [1.165, 1.54) is 31.7 Å². The van der Waals surface area contributed by atoms with Crippen LogP contribution in [0.1, 0.15) is 31.2 Å². The van der Waals surface area contributed by atoms with Crippen molar-refractivity contribution in [2.45, 2.75) is 50.7 Å². The molecule has 29 heavy (non-hydrogen) atoms. The molecule has 0 N–H and O–H groups in total. The van der Waals surface area contributed by atoms with E-state index in [9.17, 15) is 9.18 Å². The summed E-state index contributed by atoms with van der Waals surface area (Å²) in [4.78, 5) is 17.8. The predicted molar refractivity (Wildman–Crippen MR) is 109 cm³/mol. The zero-order valence-electron chi connectivity index (χ0n) is 16.8. The van der Waals surface area contributed by atoms with Crippen LogP contribution in [0.4, 0.5) is 4.39 Å². The number of hydrogen-bond acceptors (Lipinski definition) is 3. The lowest BCUT2D eigenvalue weighted by Gasteiger charge is -2.57. The highest BCUT2D eigenvalue weighted by Gasteiger charge is 2.47. The molecule has 4 atom stereocenters. The first-order valence-electron chi connectivity index (χ1n) is 10.9. The minimum atomic E-state index is -0.161. The van der Waals surface area contributed by atoms with Gasteiger partial charge in [0.2, 0.25) is 5.91 Å². The van der Waals surface area contributed by atoms with Crippen molar-refractivity contribution in [1.82, 2.24) is 19.6 Å². The van der Waals surface area contributed by atoms with Crippen molar-refractivity contribution in [2.24, 2.45) is 11.8 Å². The topological polar surface area (TPSA) is 41.4 Å². The van der Waals surface area contributed by atoms with Crippen LogP contribution in [0, 0.1) is 17.7 Å². The summed E-state index contributed by atoms with van der Waals surface area (Å²) in [5.74, 6) is 1.01. The monoisotopic (exact) mass is 396 g/mol. The molecule has 0 aliphatic carbocycles. The fourth-order valence-electron chi connectivity index (χ4n) is 5.93. The maximum Gasteiger partial charge on any atom is 0.244 e. The van der Waals surface area contributed by atoms with Gasteiger partial charge in [0.15, 0.2) is 0 Å². The van der Waals surface area contributed by atoms with Gasteiger partial charge in [-0.05, 0) is 67.8 Å². The van der Waals surface area contributed by atoms with E-state index in [2.05, 4.69) is 14.9 Å². The Hall–Kier alpha value is -2.21. The zero-order chi connectivity index (χ0) is 19.8. The van der Waals surface area contributed by atoms with Crippen molar-refractivity contribution >= 4 is 5.91 Å². The summed E-state index contributed by atoms with van der Waals surface area (Å²) >= 11 is 0. The number of likely N-dealkylation sites (tertiary alicyclic amines) is 1. The highest BCUT2D eigenvalue weighted by atomic mass is 19.1. The van der Waals surface area contributed by atoms with Crippen LogP contribution in [0.15, 0.2) is 42.7 Å². The molecule has 3 aliphatic heterocycles. The molecule has 1 aromatic carbocycles. The average Bonchev–Trinajstić information content (AvgIpc) is 3.24. The third-order valence-corrected chi connectivity index (χ3v) is 7.16. The number of amides is 1. The van der Waals surface area contributed by atoms with E-state index in [1.54, 1.807) is 16.9 Å². The second-order valence-electron chi connectivity index (χ2n) is 8.96. The van der Waals surface area contributed by atoms with Gasteiger partial charge in [-0.25, -0.2) is 4.39 Å². The summed E-state index contributed by atoms with van der Waals surface area (Å²) < 4.78 is 15.5. The maximum absolute atomic E-state index is 13.8. The minimum absolute atomic E-state index is 0.161. The van der Waals surface area contributed by atoms with E-state index in [0.717, 1.165) is 31.6 Å². The van der Waals surface area contributed by atoms with E-state index >= 15 is 0 Å². The van der Waals surface area contributed by atoms with Gasteiger partial charge in [0.1, 0.15) is 12.4 Å². The van der Waals surface area contributed by atoms with Crippen molar-refractivity contribution < 1.29 is 9.18 Å². The molecule has 1 aromatic heterocycles. The summed E-state index contributed by atoms with van der Waals surface area (Å²) in [6, 6.07) is 9.84. The van der Waals surface area contributed by atoms with Gasteiger partial charge in [-0.2, -0.15) is 5.10 Å². The molecule has 3 saturated heterocycles. The van der Waals surface area contributed by atoms with Crippen molar-refractivity contribution in [1.29, 1.82) is 0 Å². The molecule has 5 nitrogen and oxygen atoms in total. The standard InChI is InChI=1S/C23H29FN4O/c24-20-6-3-5-17(11-20)12-22-19-13-18(21-7-1-2-10-28(21)22)14-26(15-19)23(29)16-27-9-4-8-25-27/h3-6,8-9,11,18-19,21-22H,1-2,7,10,12-16H2/t18-,19+,21+,22+/m1/s1. The average molecular weight is 397 g/mol. The van der Waals surface area contributed by atoms with Gasteiger partial charge in [-0.1, -0.05) is 18.6 Å². The molecular formula is C23H29FN4O. The van der Waals surface area contributed by atoms with Gasteiger partial charge in [0, 0.05) is 37.6 Å². The molecule has 0 saturated carbocycles. The Labute approximate surface area is 171 Å². The van der Waals surface area contributed by atoms with E-state index < -0.39 is 0 Å². The summed E-state index contributed by atoms with van der Waals surface area (Å²) in [5.41, 5.74) is 1.07. The van der Waals surface area contributed by atoms with Crippen molar-refractivity contribution in [3.05, 3.63) is 54.1 Å². The van der Waals surface area contributed by atoms with Crippen molar-refractivity contribution in [3.63, 3.8) is 0 Å². The van der Waals surface area contributed by atoms with Crippen LogP contribution in [0.2, 0.25) is 0 Å². The van der Waals surface area contributed by atoms with Crippen LogP contribution in [0.5, 0.6) is 0 Å². The number of benzene rings is 1. The summed E-state index contributed by atoms with van der Waals surface area (Å²) in [5, 5.41) is 4.19. The van der Waals surface area contributed by atoms with Crippen LogP contribution >= 0.6 is 0 Å². The van der Waals surface area contributed by atoms with Crippen molar-refractivity contribution in [3.8, 4) is 0 Å².